The summed E-state index contributed by atoms with van der Waals surface area (Å²) in [7, 11) is -3.48. The summed E-state index contributed by atoms with van der Waals surface area (Å²) in [5.41, 5.74) is 0. The minimum absolute atomic E-state index is 0.149. The molecule has 2 fully saturated rings. The number of hydrogen-bond donors (Lipinski definition) is 0. The predicted octanol–water partition coefficient (Wildman–Crippen LogP) is 3.11. The zero-order valence-electron chi connectivity index (χ0n) is 15.1. The van der Waals surface area contributed by atoms with Crippen molar-refractivity contribution in [1.29, 1.82) is 0 Å². The lowest BCUT2D eigenvalue weighted by Crippen LogP contribution is -2.47. The average molecular weight is 385 g/mol. The van der Waals surface area contributed by atoms with Crippen LogP contribution in [0.1, 0.15) is 43.9 Å². The molecule has 0 radical (unpaired) electrons. The molecule has 3 rings (SSSR count). The minimum atomic E-state index is -3.48. The number of piperidine rings is 1. The van der Waals surface area contributed by atoms with Crippen molar-refractivity contribution in [3.8, 4) is 0 Å². The number of carbonyl (C=O) groups excluding carboxylic acids is 1. The number of amides is 1. The Balaban J connectivity index is 1.70. The number of hydrogen-bond acceptors (Lipinski definition) is 4. The standard InChI is InChI=1S/C18H28N2O3S2/c1-3-10-19(12-15-7-8-15)18(21)16-5-4-11-20(13-16)25(22,23)17-9-6-14(2)24-17/h6,9,15-16H,3-5,7-8,10-13H2,1-2H3. The summed E-state index contributed by atoms with van der Waals surface area (Å²) in [5, 5.41) is 0. The molecule has 1 unspecified atom stereocenters. The van der Waals surface area contributed by atoms with Gasteiger partial charge in [0.25, 0.3) is 10.0 Å². The highest BCUT2D eigenvalue weighted by Crippen LogP contribution is 2.32. The lowest BCUT2D eigenvalue weighted by Gasteiger charge is -2.34. The fourth-order valence-electron chi connectivity index (χ4n) is 3.47. The Morgan fingerprint density at radius 3 is 2.68 bits per heavy atom. The fourth-order valence-corrected chi connectivity index (χ4v) is 6.43. The van der Waals surface area contributed by atoms with Crippen LogP contribution >= 0.6 is 11.3 Å². The second-order valence-corrected chi connectivity index (χ2v) is 10.7. The van der Waals surface area contributed by atoms with Crippen LogP contribution in [0.5, 0.6) is 0 Å². The Morgan fingerprint density at radius 2 is 2.08 bits per heavy atom. The molecule has 0 aromatic carbocycles. The summed E-state index contributed by atoms with van der Waals surface area (Å²) in [6, 6.07) is 3.51. The van der Waals surface area contributed by atoms with Gasteiger partial charge in [0.05, 0.1) is 5.92 Å². The molecule has 0 N–H and O–H groups in total. The van der Waals surface area contributed by atoms with Crippen LogP contribution in [0.15, 0.2) is 16.3 Å². The quantitative estimate of drug-likeness (QED) is 0.726. The molecule has 0 spiro atoms. The van der Waals surface area contributed by atoms with E-state index >= 15 is 0 Å². The van der Waals surface area contributed by atoms with Gasteiger partial charge in [0.2, 0.25) is 5.91 Å². The maximum Gasteiger partial charge on any atom is 0.252 e. The summed E-state index contributed by atoms with van der Waals surface area (Å²) < 4.78 is 27.6. The molecule has 7 heteroatoms. The molecule has 1 aromatic rings. The molecule has 2 heterocycles. The van der Waals surface area contributed by atoms with E-state index in [-0.39, 0.29) is 11.8 Å². The highest BCUT2D eigenvalue weighted by molar-refractivity contribution is 7.91. The van der Waals surface area contributed by atoms with Crippen molar-refractivity contribution in [2.75, 3.05) is 26.2 Å². The second kappa shape index (κ2) is 7.76. The Kier molecular flexibility index (Phi) is 5.85. The van der Waals surface area contributed by atoms with E-state index in [4.69, 9.17) is 0 Å². The van der Waals surface area contributed by atoms with Gasteiger partial charge in [0.15, 0.2) is 0 Å². The van der Waals surface area contributed by atoms with E-state index < -0.39 is 10.0 Å². The Hall–Kier alpha value is -0.920. The van der Waals surface area contributed by atoms with Gasteiger partial charge in [-0.25, -0.2) is 8.42 Å². The molecule has 1 atom stereocenters. The van der Waals surface area contributed by atoms with Gasteiger partial charge in [-0.3, -0.25) is 4.79 Å². The van der Waals surface area contributed by atoms with Crippen LogP contribution in [0.2, 0.25) is 0 Å². The molecule has 140 valence electrons. The summed E-state index contributed by atoms with van der Waals surface area (Å²) >= 11 is 1.30. The van der Waals surface area contributed by atoms with Crippen molar-refractivity contribution in [3.63, 3.8) is 0 Å². The zero-order valence-corrected chi connectivity index (χ0v) is 16.7. The van der Waals surface area contributed by atoms with Gasteiger partial charge in [0.1, 0.15) is 4.21 Å². The number of rotatable bonds is 7. The fraction of sp³-hybridized carbons (Fsp3) is 0.722. The molecule has 1 aliphatic heterocycles. The van der Waals surface area contributed by atoms with Gasteiger partial charge in [-0.05, 0) is 57.1 Å². The van der Waals surface area contributed by atoms with Gasteiger partial charge >= 0.3 is 0 Å². The first kappa shape index (κ1) is 18.9. The van der Waals surface area contributed by atoms with E-state index in [2.05, 4.69) is 6.92 Å². The van der Waals surface area contributed by atoms with Crippen molar-refractivity contribution in [2.45, 2.75) is 50.2 Å². The third kappa shape index (κ3) is 4.44. The van der Waals surface area contributed by atoms with Crippen LogP contribution in [-0.2, 0) is 14.8 Å². The molecular weight excluding hydrogens is 356 g/mol. The van der Waals surface area contributed by atoms with E-state index in [1.807, 2.05) is 17.9 Å². The molecule has 1 amide bonds. The van der Waals surface area contributed by atoms with Gasteiger partial charge in [-0.15, -0.1) is 11.3 Å². The molecule has 25 heavy (non-hydrogen) atoms. The predicted molar refractivity (Wildman–Crippen MR) is 100 cm³/mol. The van der Waals surface area contributed by atoms with Crippen LogP contribution in [0.3, 0.4) is 0 Å². The molecule has 5 nitrogen and oxygen atoms in total. The summed E-state index contributed by atoms with van der Waals surface area (Å²) in [5.74, 6) is 0.610. The highest BCUT2D eigenvalue weighted by Gasteiger charge is 2.36. The van der Waals surface area contributed by atoms with E-state index in [0.717, 1.165) is 37.2 Å². The van der Waals surface area contributed by atoms with Crippen LogP contribution in [-0.4, -0.2) is 49.7 Å². The summed E-state index contributed by atoms with van der Waals surface area (Å²) in [6.45, 7) is 6.46. The Labute approximate surface area is 155 Å². The zero-order chi connectivity index (χ0) is 18.0. The minimum Gasteiger partial charge on any atom is -0.342 e. The molecule has 1 saturated carbocycles. The average Bonchev–Trinajstić information content (AvgIpc) is 3.31. The van der Waals surface area contributed by atoms with Crippen molar-refractivity contribution < 1.29 is 13.2 Å². The van der Waals surface area contributed by atoms with Crippen LogP contribution in [0.4, 0.5) is 0 Å². The lowest BCUT2D eigenvalue weighted by molar-refractivity contribution is -0.137. The largest absolute Gasteiger partial charge is 0.342 e. The van der Waals surface area contributed by atoms with Gasteiger partial charge in [-0.2, -0.15) is 4.31 Å². The Bertz CT molecular complexity index is 710. The van der Waals surface area contributed by atoms with Crippen molar-refractivity contribution >= 4 is 27.3 Å². The first-order valence-electron chi connectivity index (χ1n) is 9.27. The summed E-state index contributed by atoms with van der Waals surface area (Å²) in [4.78, 5) is 15.9. The Morgan fingerprint density at radius 1 is 1.32 bits per heavy atom. The van der Waals surface area contributed by atoms with Crippen molar-refractivity contribution in [1.82, 2.24) is 9.21 Å². The maximum atomic E-state index is 13.0. The first-order valence-corrected chi connectivity index (χ1v) is 11.5. The molecule has 1 aliphatic carbocycles. The third-order valence-corrected chi connectivity index (χ3v) is 8.36. The smallest absolute Gasteiger partial charge is 0.252 e. The first-order chi connectivity index (χ1) is 11.9. The van der Waals surface area contributed by atoms with Gasteiger partial charge < -0.3 is 4.90 Å². The number of nitrogens with zero attached hydrogens (tertiary/aromatic N) is 2. The van der Waals surface area contributed by atoms with E-state index in [9.17, 15) is 13.2 Å². The van der Waals surface area contributed by atoms with E-state index in [1.165, 1.54) is 28.5 Å². The number of carbonyl (C=O) groups is 1. The number of sulfonamides is 1. The van der Waals surface area contributed by atoms with Crippen LogP contribution < -0.4 is 0 Å². The molecule has 1 saturated heterocycles. The monoisotopic (exact) mass is 384 g/mol. The van der Waals surface area contributed by atoms with Crippen molar-refractivity contribution in [3.05, 3.63) is 17.0 Å². The molecular formula is C18H28N2O3S2. The SMILES string of the molecule is CCCN(CC1CC1)C(=O)C1CCCN(S(=O)(=O)c2ccc(C)s2)C1. The maximum absolute atomic E-state index is 13.0. The molecule has 2 aliphatic rings. The van der Waals surface area contributed by atoms with E-state index in [1.54, 1.807) is 6.07 Å². The number of aryl methyl sites for hydroxylation is 1. The van der Waals surface area contributed by atoms with Crippen molar-refractivity contribution in [2.24, 2.45) is 11.8 Å². The normalized spacial score (nSPS) is 22.1. The lowest BCUT2D eigenvalue weighted by atomic mass is 9.98. The van der Waals surface area contributed by atoms with Gasteiger partial charge in [0, 0.05) is 31.1 Å². The topological polar surface area (TPSA) is 57.7 Å². The highest BCUT2D eigenvalue weighted by atomic mass is 32.2. The van der Waals surface area contributed by atoms with E-state index in [0.29, 0.717) is 23.2 Å². The van der Waals surface area contributed by atoms with Crippen LogP contribution in [0.25, 0.3) is 0 Å². The number of thiophene rings is 1. The molecule has 1 aromatic heterocycles. The summed E-state index contributed by atoms with van der Waals surface area (Å²) in [6.07, 6.45) is 4.93. The van der Waals surface area contributed by atoms with Gasteiger partial charge in [-0.1, -0.05) is 6.92 Å². The third-order valence-electron chi connectivity index (χ3n) is 5.02. The van der Waals surface area contributed by atoms with Crippen LogP contribution in [0, 0.1) is 18.8 Å². The molecule has 0 bridgehead atoms. The second-order valence-electron chi connectivity index (χ2n) is 7.29.